The first kappa shape index (κ1) is 19.4. The zero-order valence-corrected chi connectivity index (χ0v) is 14.7. The fourth-order valence-corrected chi connectivity index (χ4v) is 3.04. The lowest BCUT2D eigenvalue weighted by Crippen LogP contribution is -2.38. The normalized spacial score (nSPS) is 24.7. The summed E-state index contributed by atoms with van der Waals surface area (Å²) in [7, 11) is 0. The Balaban J connectivity index is 1.46. The van der Waals surface area contributed by atoms with E-state index >= 15 is 0 Å². The van der Waals surface area contributed by atoms with Crippen molar-refractivity contribution in [3.8, 4) is 0 Å². The molecule has 1 aliphatic rings. The summed E-state index contributed by atoms with van der Waals surface area (Å²) in [5, 5.41) is 26.2. The van der Waals surface area contributed by atoms with Crippen LogP contribution in [-0.4, -0.2) is 47.1 Å². The van der Waals surface area contributed by atoms with E-state index in [1.807, 2.05) is 18.2 Å². The van der Waals surface area contributed by atoms with Gasteiger partial charge in [-0.2, -0.15) is 0 Å². The van der Waals surface area contributed by atoms with Crippen LogP contribution in [0.5, 0.6) is 0 Å². The number of aliphatic hydroxyl groups excluding tert-OH is 2. The number of hydrogen-bond acceptors (Lipinski definition) is 5. The Kier molecular flexibility index (Phi) is 6.52. The van der Waals surface area contributed by atoms with Crippen LogP contribution >= 0.6 is 0 Å². The van der Waals surface area contributed by atoms with Gasteiger partial charge in [0.25, 0.3) is 0 Å². The molecule has 6 nitrogen and oxygen atoms in total. The van der Waals surface area contributed by atoms with E-state index in [4.69, 9.17) is 4.74 Å². The Bertz CT molecular complexity index is 741. The van der Waals surface area contributed by atoms with E-state index in [-0.39, 0.29) is 18.1 Å². The number of carbonyl (C=O) groups is 1. The minimum Gasteiger partial charge on any atom is -0.388 e. The molecule has 1 amide bonds. The largest absolute Gasteiger partial charge is 0.388 e. The maximum Gasteiger partial charge on any atom is 0.227 e. The number of hydrogen-bond donors (Lipinski definition) is 4. The fourth-order valence-electron chi connectivity index (χ4n) is 3.04. The van der Waals surface area contributed by atoms with Gasteiger partial charge in [0.1, 0.15) is 18.0 Å². The van der Waals surface area contributed by atoms with Crippen molar-refractivity contribution < 1.29 is 24.1 Å². The average Bonchev–Trinajstić information content (AvgIpc) is 2.92. The second kappa shape index (κ2) is 9.05. The second-order valence-corrected chi connectivity index (χ2v) is 6.57. The minimum absolute atomic E-state index is 0.0540. The summed E-state index contributed by atoms with van der Waals surface area (Å²) < 4.78 is 18.6. The van der Waals surface area contributed by atoms with Gasteiger partial charge in [-0.3, -0.25) is 4.79 Å². The van der Waals surface area contributed by atoms with Crippen LogP contribution in [0, 0.1) is 5.82 Å². The summed E-state index contributed by atoms with van der Waals surface area (Å²) >= 11 is 0. The van der Waals surface area contributed by atoms with Crippen molar-refractivity contribution in [2.75, 3.05) is 11.9 Å². The molecule has 0 radical (unpaired) electrons. The van der Waals surface area contributed by atoms with Crippen molar-refractivity contribution in [1.82, 2.24) is 5.32 Å². The van der Waals surface area contributed by atoms with Gasteiger partial charge in [0.15, 0.2) is 0 Å². The van der Waals surface area contributed by atoms with Crippen LogP contribution < -0.4 is 10.6 Å². The number of nitrogens with one attached hydrogen (secondary N) is 2. The molecule has 0 saturated carbocycles. The molecule has 0 aliphatic carbocycles. The molecule has 4 N–H and O–H groups in total. The van der Waals surface area contributed by atoms with Gasteiger partial charge in [-0.25, -0.2) is 4.39 Å². The monoisotopic (exact) mass is 374 g/mol. The van der Waals surface area contributed by atoms with Crippen molar-refractivity contribution in [2.45, 2.75) is 37.4 Å². The molecule has 2 aromatic carbocycles. The molecule has 0 spiro atoms. The van der Waals surface area contributed by atoms with Crippen molar-refractivity contribution in [3.05, 3.63) is 66.0 Å². The summed E-state index contributed by atoms with van der Waals surface area (Å²) in [5.74, 6) is -0.592. The number of ether oxygens (including phenoxy) is 1. The molecule has 1 fully saturated rings. The first-order chi connectivity index (χ1) is 13.0. The van der Waals surface area contributed by atoms with E-state index in [0.29, 0.717) is 18.8 Å². The molecule has 0 aromatic heterocycles. The Morgan fingerprint density at radius 2 is 1.67 bits per heavy atom. The van der Waals surface area contributed by atoms with Gasteiger partial charge in [-0.05, 0) is 29.8 Å². The van der Waals surface area contributed by atoms with Gasteiger partial charge < -0.3 is 25.6 Å². The van der Waals surface area contributed by atoms with Gasteiger partial charge in [-0.15, -0.1) is 0 Å². The Labute approximate surface area is 157 Å². The number of rotatable bonds is 7. The van der Waals surface area contributed by atoms with Crippen LogP contribution in [0.25, 0.3) is 0 Å². The Morgan fingerprint density at radius 1 is 1.00 bits per heavy atom. The van der Waals surface area contributed by atoms with Crippen LogP contribution in [0.1, 0.15) is 12.0 Å². The summed E-state index contributed by atoms with van der Waals surface area (Å²) in [5.41, 5.74) is 1.55. The van der Waals surface area contributed by atoms with Crippen molar-refractivity contribution in [3.63, 3.8) is 0 Å². The highest BCUT2D eigenvalue weighted by Gasteiger charge is 2.43. The fraction of sp³-hybridized carbons (Fsp3) is 0.350. The number of aliphatic hydroxyl groups is 2. The summed E-state index contributed by atoms with van der Waals surface area (Å²) in [6.07, 6.45) is -3.68. The minimum atomic E-state index is -1.14. The van der Waals surface area contributed by atoms with Crippen LogP contribution in [-0.2, 0) is 16.1 Å². The molecule has 2 aromatic rings. The lowest BCUT2D eigenvalue weighted by Gasteiger charge is -2.15. The van der Waals surface area contributed by atoms with E-state index in [1.54, 1.807) is 24.3 Å². The van der Waals surface area contributed by atoms with Gasteiger partial charge in [0.05, 0.1) is 18.6 Å². The predicted molar refractivity (Wildman–Crippen MR) is 98.5 cm³/mol. The standard InChI is InChI=1S/C20H23FN2O4/c21-14-8-6-13(7-9-14)11-22-12-17-20(26)19(25)16(27-17)10-18(24)23-15-4-2-1-3-5-15/h1-9,16-17,19-20,22,25-26H,10-12H2,(H,23,24)/t16-,17-,19+,20-/m1/s1. The summed E-state index contributed by atoms with van der Waals surface area (Å²) in [4.78, 5) is 12.1. The highest BCUT2D eigenvalue weighted by atomic mass is 19.1. The molecular weight excluding hydrogens is 351 g/mol. The molecule has 1 aliphatic heterocycles. The topological polar surface area (TPSA) is 90.8 Å². The van der Waals surface area contributed by atoms with Gasteiger partial charge in [0.2, 0.25) is 5.91 Å². The van der Waals surface area contributed by atoms with E-state index in [0.717, 1.165) is 5.56 Å². The predicted octanol–water partition coefficient (Wildman–Crippen LogP) is 1.43. The van der Waals surface area contributed by atoms with E-state index in [9.17, 15) is 19.4 Å². The zero-order chi connectivity index (χ0) is 19.2. The second-order valence-electron chi connectivity index (χ2n) is 6.57. The maximum atomic E-state index is 12.9. The van der Waals surface area contributed by atoms with Crippen LogP contribution in [0.3, 0.4) is 0 Å². The quantitative estimate of drug-likeness (QED) is 0.589. The Morgan fingerprint density at radius 3 is 2.37 bits per heavy atom. The molecule has 3 rings (SSSR count). The van der Waals surface area contributed by atoms with Crippen molar-refractivity contribution in [2.24, 2.45) is 0 Å². The average molecular weight is 374 g/mol. The van der Waals surface area contributed by atoms with Crippen LogP contribution in [0.15, 0.2) is 54.6 Å². The first-order valence-electron chi connectivity index (χ1n) is 8.84. The van der Waals surface area contributed by atoms with Crippen molar-refractivity contribution in [1.29, 1.82) is 0 Å². The number of para-hydroxylation sites is 1. The van der Waals surface area contributed by atoms with Crippen LogP contribution in [0.2, 0.25) is 0 Å². The molecule has 4 atom stereocenters. The van der Waals surface area contributed by atoms with Crippen LogP contribution in [0.4, 0.5) is 10.1 Å². The molecule has 1 saturated heterocycles. The highest BCUT2D eigenvalue weighted by molar-refractivity contribution is 5.91. The SMILES string of the molecule is O=C(C[C@H]1O[C@H](CNCc2ccc(F)cc2)[C@@H](O)[C@H]1O)Nc1ccccc1. The summed E-state index contributed by atoms with van der Waals surface area (Å²) in [6.45, 7) is 0.772. The Hall–Kier alpha value is -2.32. The summed E-state index contributed by atoms with van der Waals surface area (Å²) in [6, 6.07) is 15.1. The maximum absolute atomic E-state index is 12.9. The number of anilines is 1. The van der Waals surface area contributed by atoms with Gasteiger partial charge in [-0.1, -0.05) is 30.3 Å². The lowest BCUT2D eigenvalue weighted by molar-refractivity contribution is -0.120. The number of carbonyl (C=O) groups excluding carboxylic acids is 1. The van der Waals surface area contributed by atoms with E-state index in [2.05, 4.69) is 10.6 Å². The smallest absolute Gasteiger partial charge is 0.227 e. The lowest BCUT2D eigenvalue weighted by atomic mass is 10.1. The molecule has 7 heteroatoms. The highest BCUT2D eigenvalue weighted by Crippen LogP contribution is 2.24. The number of amides is 1. The number of halogens is 1. The molecule has 144 valence electrons. The van der Waals surface area contributed by atoms with Gasteiger partial charge >= 0.3 is 0 Å². The number of benzene rings is 2. The molecule has 0 bridgehead atoms. The van der Waals surface area contributed by atoms with Crippen molar-refractivity contribution >= 4 is 11.6 Å². The molecule has 0 unspecified atom stereocenters. The third-order valence-electron chi connectivity index (χ3n) is 4.49. The van der Waals surface area contributed by atoms with E-state index in [1.165, 1.54) is 12.1 Å². The zero-order valence-electron chi connectivity index (χ0n) is 14.7. The van der Waals surface area contributed by atoms with Gasteiger partial charge in [0, 0.05) is 18.8 Å². The molecule has 1 heterocycles. The van der Waals surface area contributed by atoms with E-state index < -0.39 is 24.4 Å². The third-order valence-corrected chi connectivity index (χ3v) is 4.49. The molecule has 27 heavy (non-hydrogen) atoms. The molecular formula is C20H23FN2O4. The first-order valence-corrected chi connectivity index (χ1v) is 8.84. The third kappa shape index (κ3) is 5.33.